The zero-order chi connectivity index (χ0) is 12.3. The van der Waals surface area contributed by atoms with E-state index in [1.165, 1.54) is 11.3 Å². The van der Waals surface area contributed by atoms with E-state index in [1.54, 1.807) is 11.4 Å². The number of thiophene rings is 1. The lowest BCUT2D eigenvalue weighted by Crippen LogP contribution is -2.23. The molecule has 0 saturated heterocycles. The molecule has 90 valence electrons. The van der Waals surface area contributed by atoms with Gasteiger partial charge in [0.15, 0.2) is 0 Å². The van der Waals surface area contributed by atoms with Gasteiger partial charge in [0.05, 0.1) is 6.10 Å². The third-order valence-corrected chi connectivity index (χ3v) is 2.92. The molecule has 16 heavy (non-hydrogen) atoms. The van der Waals surface area contributed by atoms with E-state index in [9.17, 15) is 9.90 Å². The minimum atomic E-state index is -0.493. The average molecular weight is 242 g/mol. The van der Waals surface area contributed by atoms with Crippen molar-refractivity contribution < 1.29 is 14.6 Å². The number of ether oxygens (including phenoxy) is 1. The molecule has 3 nitrogen and oxygen atoms in total. The van der Waals surface area contributed by atoms with E-state index in [0.717, 1.165) is 5.56 Å². The number of carbonyl (C=O) groups excluding carboxylic acids is 1. The van der Waals surface area contributed by atoms with Crippen LogP contribution in [0.2, 0.25) is 0 Å². The fourth-order valence-corrected chi connectivity index (χ4v) is 2.03. The molecule has 4 heteroatoms. The first-order valence-electron chi connectivity index (χ1n) is 5.33. The Balaban J connectivity index is 2.75. The standard InChI is InChI=1S/C12H18O3S/c1-5-9(13)8-6-10(16-7-8)11(14)15-12(2,3)4/h6-7,9,13H,5H2,1-4H3. The van der Waals surface area contributed by atoms with Crippen molar-refractivity contribution in [3.8, 4) is 0 Å². The van der Waals surface area contributed by atoms with Crippen LogP contribution >= 0.6 is 11.3 Å². The molecule has 0 saturated carbocycles. The zero-order valence-corrected chi connectivity index (χ0v) is 10.9. The van der Waals surface area contributed by atoms with Crippen LogP contribution in [0.1, 0.15) is 55.5 Å². The van der Waals surface area contributed by atoms with E-state index in [1.807, 2.05) is 27.7 Å². The Morgan fingerprint density at radius 1 is 1.56 bits per heavy atom. The Morgan fingerprint density at radius 2 is 2.19 bits per heavy atom. The largest absolute Gasteiger partial charge is 0.456 e. The van der Waals surface area contributed by atoms with Crippen molar-refractivity contribution in [2.24, 2.45) is 0 Å². The minimum absolute atomic E-state index is 0.327. The third kappa shape index (κ3) is 3.61. The van der Waals surface area contributed by atoms with Gasteiger partial charge in [0, 0.05) is 0 Å². The lowest BCUT2D eigenvalue weighted by Gasteiger charge is -2.18. The van der Waals surface area contributed by atoms with Crippen molar-refractivity contribution in [3.63, 3.8) is 0 Å². The van der Waals surface area contributed by atoms with Crippen LogP contribution in [0.4, 0.5) is 0 Å². The molecule has 1 aromatic rings. The highest BCUT2D eigenvalue weighted by Crippen LogP contribution is 2.24. The highest BCUT2D eigenvalue weighted by atomic mass is 32.1. The van der Waals surface area contributed by atoms with Crippen molar-refractivity contribution >= 4 is 17.3 Å². The second kappa shape index (κ2) is 4.97. The summed E-state index contributed by atoms with van der Waals surface area (Å²) in [5, 5.41) is 11.4. The van der Waals surface area contributed by atoms with Crippen LogP contribution in [-0.4, -0.2) is 16.7 Å². The van der Waals surface area contributed by atoms with Gasteiger partial charge in [-0.15, -0.1) is 11.3 Å². The van der Waals surface area contributed by atoms with Crippen LogP contribution in [-0.2, 0) is 4.74 Å². The molecule has 1 aromatic heterocycles. The Labute approximate surface area is 100 Å². The van der Waals surface area contributed by atoms with Crippen molar-refractivity contribution in [1.82, 2.24) is 0 Å². The molecule has 0 spiro atoms. The molecule has 0 fully saturated rings. The van der Waals surface area contributed by atoms with Gasteiger partial charge in [-0.25, -0.2) is 4.79 Å². The number of aliphatic hydroxyl groups is 1. The maximum absolute atomic E-state index is 11.7. The summed E-state index contributed by atoms with van der Waals surface area (Å²) in [6.07, 6.45) is 0.150. The summed E-state index contributed by atoms with van der Waals surface area (Å²) in [7, 11) is 0. The first-order valence-corrected chi connectivity index (χ1v) is 6.21. The summed E-state index contributed by atoms with van der Waals surface area (Å²) >= 11 is 1.31. The Hall–Kier alpha value is -0.870. The van der Waals surface area contributed by atoms with E-state index >= 15 is 0 Å². The molecular weight excluding hydrogens is 224 g/mol. The summed E-state index contributed by atoms with van der Waals surface area (Å²) in [5.74, 6) is -0.327. The molecule has 1 atom stereocenters. The predicted octanol–water partition coefficient (Wildman–Crippen LogP) is 3.15. The van der Waals surface area contributed by atoms with Crippen molar-refractivity contribution in [2.45, 2.75) is 45.8 Å². The Kier molecular flexibility index (Phi) is 4.10. The van der Waals surface area contributed by atoms with E-state index in [2.05, 4.69) is 0 Å². The topological polar surface area (TPSA) is 46.5 Å². The smallest absolute Gasteiger partial charge is 0.348 e. The average Bonchev–Trinajstić information content (AvgIpc) is 2.62. The van der Waals surface area contributed by atoms with Gasteiger partial charge in [-0.05, 0) is 44.2 Å². The van der Waals surface area contributed by atoms with Gasteiger partial charge in [-0.2, -0.15) is 0 Å². The van der Waals surface area contributed by atoms with Gasteiger partial charge < -0.3 is 9.84 Å². The summed E-state index contributed by atoms with van der Waals surface area (Å²) < 4.78 is 5.24. The van der Waals surface area contributed by atoms with E-state index < -0.39 is 11.7 Å². The first kappa shape index (κ1) is 13.2. The predicted molar refractivity (Wildman–Crippen MR) is 64.7 cm³/mol. The molecule has 0 radical (unpaired) electrons. The second-order valence-electron chi connectivity index (χ2n) is 4.67. The fourth-order valence-electron chi connectivity index (χ4n) is 1.20. The minimum Gasteiger partial charge on any atom is -0.456 e. The summed E-state index contributed by atoms with van der Waals surface area (Å²) in [6, 6.07) is 1.70. The lowest BCUT2D eigenvalue weighted by molar-refractivity contribution is 0.00751. The summed E-state index contributed by atoms with van der Waals surface area (Å²) in [5.41, 5.74) is 0.304. The highest BCUT2D eigenvalue weighted by Gasteiger charge is 2.20. The van der Waals surface area contributed by atoms with Crippen molar-refractivity contribution in [2.75, 3.05) is 0 Å². The van der Waals surface area contributed by atoms with Gasteiger partial charge in [0.25, 0.3) is 0 Å². The summed E-state index contributed by atoms with van der Waals surface area (Å²) in [6.45, 7) is 7.40. The summed E-state index contributed by atoms with van der Waals surface area (Å²) in [4.78, 5) is 12.2. The Morgan fingerprint density at radius 3 is 2.69 bits per heavy atom. The number of aliphatic hydroxyl groups excluding tert-OH is 1. The van der Waals surface area contributed by atoms with Crippen LogP contribution in [0.3, 0.4) is 0 Å². The molecular formula is C12H18O3S. The SMILES string of the molecule is CCC(O)c1csc(C(=O)OC(C)(C)C)c1. The van der Waals surface area contributed by atoms with Crippen LogP contribution < -0.4 is 0 Å². The number of hydrogen-bond donors (Lipinski definition) is 1. The molecule has 1 rings (SSSR count). The first-order chi connectivity index (χ1) is 7.33. The molecule has 1 heterocycles. The number of hydrogen-bond acceptors (Lipinski definition) is 4. The zero-order valence-electron chi connectivity index (χ0n) is 10.1. The van der Waals surface area contributed by atoms with Gasteiger partial charge in [-0.3, -0.25) is 0 Å². The molecule has 1 N–H and O–H groups in total. The van der Waals surface area contributed by atoms with E-state index in [-0.39, 0.29) is 5.97 Å². The maximum atomic E-state index is 11.7. The van der Waals surface area contributed by atoms with E-state index in [0.29, 0.717) is 11.3 Å². The lowest BCUT2D eigenvalue weighted by atomic mass is 10.1. The van der Waals surface area contributed by atoms with Crippen molar-refractivity contribution in [1.29, 1.82) is 0 Å². The van der Waals surface area contributed by atoms with Crippen LogP contribution in [0.25, 0.3) is 0 Å². The quantitative estimate of drug-likeness (QED) is 0.828. The number of carbonyl (C=O) groups is 1. The monoisotopic (exact) mass is 242 g/mol. The van der Waals surface area contributed by atoms with Gasteiger partial charge in [0.1, 0.15) is 10.5 Å². The Bertz CT molecular complexity index is 363. The molecule has 0 aliphatic rings. The highest BCUT2D eigenvalue weighted by molar-refractivity contribution is 7.12. The number of rotatable bonds is 3. The van der Waals surface area contributed by atoms with Crippen LogP contribution in [0.15, 0.2) is 11.4 Å². The fraction of sp³-hybridized carbons (Fsp3) is 0.583. The van der Waals surface area contributed by atoms with Crippen LogP contribution in [0, 0.1) is 0 Å². The van der Waals surface area contributed by atoms with Gasteiger partial charge in [0.2, 0.25) is 0 Å². The molecule has 0 aliphatic carbocycles. The molecule has 1 unspecified atom stereocenters. The van der Waals surface area contributed by atoms with Gasteiger partial charge in [-0.1, -0.05) is 6.92 Å². The molecule has 0 aromatic carbocycles. The third-order valence-electron chi connectivity index (χ3n) is 1.99. The number of esters is 1. The van der Waals surface area contributed by atoms with Gasteiger partial charge >= 0.3 is 5.97 Å². The van der Waals surface area contributed by atoms with E-state index in [4.69, 9.17) is 4.74 Å². The van der Waals surface area contributed by atoms with Crippen molar-refractivity contribution in [3.05, 3.63) is 21.9 Å². The normalized spacial score (nSPS) is 13.6. The second-order valence-corrected chi connectivity index (χ2v) is 5.58. The molecule has 0 amide bonds. The maximum Gasteiger partial charge on any atom is 0.348 e. The molecule has 0 bridgehead atoms. The van der Waals surface area contributed by atoms with Crippen LogP contribution in [0.5, 0.6) is 0 Å². The molecule has 0 aliphatic heterocycles.